The van der Waals surface area contributed by atoms with Gasteiger partial charge in [-0.15, -0.1) is 0 Å². The number of ketones is 1. The predicted molar refractivity (Wildman–Crippen MR) is 74.3 cm³/mol. The van der Waals surface area contributed by atoms with Gasteiger partial charge in [-0.3, -0.25) is 9.59 Å². The van der Waals surface area contributed by atoms with Crippen LogP contribution in [0.2, 0.25) is 0 Å². The van der Waals surface area contributed by atoms with Crippen LogP contribution in [0.1, 0.15) is 20.7 Å². The lowest BCUT2D eigenvalue weighted by atomic mass is 10.1. The number of amides is 1. The molecule has 0 aliphatic rings. The van der Waals surface area contributed by atoms with Gasteiger partial charge >= 0.3 is 0 Å². The molecule has 0 aromatic heterocycles. The molecule has 0 bridgehead atoms. The Hall–Kier alpha value is -2.13. The Labute approximate surface area is 116 Å². The van der Waals surface area contributed by atoms with Gasteiger partial charge in [0, 0.05) is 11.1 Å². The standard InChI is InChI=1S/C15H12ClNO2/c16-14(13(18)11-7-3-1-4-8-11)17-15(19)12-9-5-2-6-10-12/h1-10,14H,(H,17,19)/t14-/m1/s1. The van der Waals surface area contributed by atoms with Gasteiger partial charge in [0.2, 0.25) is 0 Å². The topological polar surface area (TPSA) is 46.2 Å². The third-order valence-electron chi connectivity index (χ3n) is 2.58. The Morgan fingerprint density at radius 3 is 1.84 bits per heavy atom. The van der Waals surface area contributed by atoms with Crippen molar-refractivity contribution in [1.82, 2.24) is 5.32 Å². The van der Waals surface area contributed by atoms with Gasteiger partial charge in [-0.05, 0) is 12.1 Å². The van der Waals surface area contributed by atoms with Crippen molar-refractivity contribution in [3.8, 4) is 0 Å². The lowest BCUT2D eigenvalue weighted by Gasteiger charge is -2.11. The highest BCUT2D eigenvalue weighted by Crippen LogP contribution is 2.07. The number of hydrogen-bond donors (Lipinski definition) is 1. The maximum absolute atomic E-state index is 12.0. The summed E-state index contributed by atoms with van der Waals surface area (Å²) in [7, 11) is 0. The highest BCUT2D eigenvalue weighted by molar-refractivity contribution is 6.34. The van der Waals surface area contributed by atoms with E-state index < -0.39 is 5.50 Å². The van der Waals surface area contributed by atoms with E-state index in [1.54, 1.807) is 48.5 Å². The van der Waals surface area contributed by atoms with Crippen LogP contribution in [0.5, 0.6) is 0 Å². The summed E-state index contributed by atoms with van der Waals surface area (Å²) in [6, 6.07) is 17.2. The Bertz CT molecular complexity index is 569. The first-order valence-corrected chi connectivity index (χ1v) is 6.21. The van der Waals surface area contributed by atoms with E-state index in [1.807, 2.05) is 12.1 Å². The number of Topliss-reactive ketones (excluding diaryl/α,β-unsaturated/α-hetero) is 1. The van der Waals surface area contributed by atoms with Crippen LogP contribution in [0.4, 0.5) is 0 Å². The lowest BCUT2D eigenvalue weighted by Crippen LogP contribution is -2.36. The first kappa shape index (κ1) is 13.3. The molecule has 0 spiro atoms. The number of carbonyl (C=O) groups excluding carboxylic acids is 2. The molecule has 3 nitrogen and oxygen atoms in total. The van der Waals surface area contributed by atoms with E-state index in [9.17, 15) is 9.59 Å². The van der Waals surface area contributed by atoms with Gasteiger partial charge in [0.15, 0.2) is 11.3 Å². The van der Waals surface area contributed by atoms with Gasteiger partial charge in [0.1, 0.15) is 0 Å². The van der Waals surface area contributed by atoms with Crippen LogP contribution < -0.4 is 5.32 Å². The fourth-order valence-electron chi connectivity index (χ4n) is 1.60. The summed E-state index contributed by atoms with van der Waals surface area (Å²) in [4.78, 5) is 23.8. The van der Waals surface area contributed by atoms with Crippen LogP contribution in [-0.4, -0.2) is 17.2 Å². The Balaban J connectivity index is 2.04. The zero-order valence-electron chi connectivity index (χ0n) is 10.0. The average Bonchev–Trinajstić information content (AvgIpc) is 2.48. The second-order valence-corrected chi connectivity index (χ2v) is 4.37. The summed E-state index contributed by atoms with van der Waals surface area (Å²) >= 11 is 5.93. The molecule has 1 atom stereocenters. The van der Waals surface area contributed by atoms with E-state index >= 15 is 0 Å². The third kappa shape index (κ3) is 3.42. The average molecular weight is 274 g/mol. The third-order valence-corrected chi connectivity index (χ3v) is 2.89. The molecule has 0 radical (unpaired) electrons. The number of nitrogens with one attached hydrogen (secondary N) is 1. The van der Waals surface area contributed by atoms with E-state index in [1.165, 1.54) is 0 Å². The Kier molecular flexibility index (Phi) is 4.31. The van der Waals surface area contributed by atoms with Crippen LogP contribution in [-0.2, 0) is 0 Å². The van der Waals surface area contributed by atoms with Crippen molar-refractivity contribution in [2.75, 3.05) is 0 Å². The summed E-state index contributed by atoms with van der Waals surface area (Å²) in [5.41, 5.74) is -0.139. The van der Waals surface area contributed by atoms with Crippen molar-refractivity contribution in [3.05, 3.63) is 71.8 Å². The molecular formula is C15H12ClNO2. The summed E-state index contributed by atoms with van der Waals surface area (Å²) in [5, 5.41) is 2.47. The molecule has 2 rings (SSSR count). The molecule has 19 heavy (non-hydrogen) atoms. The van der Waals surface area contributed by atoms with Gasteiger partial charge in [-0.2, -0.15) is 0 Å². The minimum atomic E-state index is -1.07. The van der Waals surface area contributed by atoms with E-state index in [0.29, 0.717) is 11.1 Å². The zero-order valence-corrected chi connectivity index (χ0v) is 10.8. The molecule has 2 aromatic rings. The van der Waals surface area contributed by atoms with Crippen LogP contribution >= 0.6 is 11.6 Å². The van der Waals surface area contributed by atoms with Gasteiger partial charge in [0.25, 0.3) is 5.91 Å². The number of carbonyl (C=O) groups is 2. The van der Waals surface area contributed by atoms with Crippen molar-refractivity contribution in [2.45, 2.75) is 5.50 Å². The van der Waals surface area contributed by atoms with Crippen molar-refractivity contribution >= 4 is 23.3 Å². The normalized spacial score (nSPS) is 11.6. The highest BCUT2D eigenvalue weighted by atomic mass is 35.5. The molecule has 0 saturated carbocycles. The monoisotopic (exact) mass is 273 g/mol. The van der Waals surface area contributed by atoms with Gasteiger partial charge < -0.3 is 5.32 Å². The predicted octanol–water partition coefficient (Wildman–Crippen LogP) is 2.86. The second kappa shape index (κ2) is 6.16. The second-order valence-electron chi connectivity index (χ2n) is 3.93. The largest absolute Gasteiger partial charge is 0.329 e. The van der Waals surface area contributed by atoms with Crippen molar-refractivity contribution < 1.29 is 9.59 Å². The molecule has 0 fully saturated rings. The minimum Gasteiger partial charge on any atom is -0.329 e. The molecule has 0 aliphatic heterocycles. The van der Waals surface area contributed by atoms with Gasteiger partial charge in [-0.25, -0.2) is 0 Å². The highest BCUT2D eigenvalue weighted by Gasteiger charge is 2.19. The molecule has 4 heteroatoms. The maximum Gasteiger partial charge on any atom is 0.252 e. The first-order chi connectivity index (χ1) is 9.18. The summed E-state index contributed by atoms with van der Waals surface area (Å²) in [5.74, 6) is -0.698. The molecule has 0 unspecified atom stereocenters. The SMILES string of the molecule is O=C(N[C@@H](Cl)C(=O)c1ccccc1)c1ccccc1. The molecule has 1 amide bonds. The van der Waals surface area contributed by atoms with Crippen LogP contribution in [0.3, 0.4) is 0 Å². The molecule has 0 aliphatic carbocycles. The lowest BCUT2D eigenvalue weighted by molar-refractivity contribution is 0.0889. The minimum absolute atomic E-state index is 0.327. The van der Waals surface area contributed by atoms with Crippen LogP contribution in [0, 0.1) is 0 Å². The number of halogens is 1. The summed E-state index contributed by atoms with van der Waals surface area (Å²) < 4.78 is 0. The maximum atomic E-state index is 12.0. The van der Waals surface area contributed by atoms with Crippen molar-refractivity contribution in [1.29, 1.82) is 0 Å². The van der Waals surface area contributed by atoms with Crippen molar-refractivity contribution in [2.24, 2.45) is 0 Å². The van der Waals surface area contributed by atoms with E-state index in [2.05, 4.69) is 5.32 Å². The fraction of sp³-hybridized carbons (Fsp3) is 0.0667. The van der Waals surface area contributed by atoms with Crippen LogP contribution in [0.15, 0.2) is 60.7 Å². The molecule has 2 aromatic carbocycles. The van der Waals surface area contributed by atoms with Crippen molar-refractivity contribution in [3.63, 3.8) is 0 Å². The number of hydrogen-bond acceptors (Lipinski definition) is 2. The van der Waals surface area contributed by atoms with Gasteiger partial charge in [0.05, 0.1) is 0 Å². The van der Waals surface area contributed by atoms with E-state index in [-0.39, 0.29) is 11.7 Å². The number of alkyl halides is 1. The molecule has 1 N–H and O–H groups in total. The summed E-state index contributed by atoms with van der Waals surface area (Å²) in [6.45, 7) is 0. The number of rotatable bonds is 4. The number of benzene rings is 2. The van der Waals surface area contributed by atoms with E-state index in [4.69, 9.17) is 11.6 Å². The molecular weight excluding hydrogens is 262 g/mol. The van der Waals surface area contributed by atoms with E-state index in [0.717, 1.165) is 0 Å². The fourth-order valence-corrected chi connectivity index (χ4v) is 1.83. The smallest absolute Gasteiger partial charge is 0.252 e. The quantitative estimate of drug-likeness (QED) is 0.529. The molecule has 96 valence electrons. The Morgan fingerprint density at radius 2 is 1.32 bits per heavy atom. The zero-order chi connectivity index (χ0) is 13.7. The van der Waals surface area contributed by atoms with Gasteiger partial charge in [-0.1, -0.05) is 60.1 Å². The first-order valence-electron chi connectivity index (χ1n) is 5.78. The molecule has 0 heterocycles. The Morgan fingerprint density at radius 1 is 0.842 bits per heavy atom. The summed E-state index contributed by atoms with van der Waals surface area (Å²) in [6.07, 6.45) is 0. The van der Waals surface area contributed by atoms with Crippen LogP contribution in [0.25, 0.3) is 0 Å². The molecule has 0 saturated heterocycles.